The van der Waals surface area contributed by atoms with E-state index in [4.69, 9.17) is 14.2 Å². The number of rotatable bonds is 6. The third kappa shape index (κ3) is 4.84. The summed E-state index contributed by atoms with van der Waals surface area (Å²) in [6.45, 7) is 4.23. The van der Waals surface area contributed by atoms with Gasteiger partial charge in [0, 0.05) is 55.1 Å². The molecule has 0 saturated carbocycles. The number of fused-ring (bicyclic) bond motifs is 2. The van der Waals surface area contributed by atoms with Crippen LogP contribution in [0.4, 0.5) is 10.5 Å². The van der Waals surface area contributed by atoms with E-state index in [9.17, 15) is 9.59 Å². The zero-order valence-corrected chi connectivity index (χ0v) is 20.2. The summed E-state index contributed by atoms with van der Waals surface area (Å²) in [6, 6.07) is 8.55. The molecule has 1 aromatic heterocycles. The largest absolute Gasteiger partial charge is 0.497 e. The highest BCUT2D eigenvalue weighted by Crippen LogP contribution is 2.35. The number of methoxy groups -OCH3 is 1. The fraction of sp³-hybridized carbons (Fsp3) is 0.259. The van der Waals surface area contributed by atoms with Crippen molar-refractivity contribution in [3.63, 3.8) is 0 Å². The summed E-state index contributed by atoms with van der Waals surface area (Å²) >= 11 is 0. The molecule has 0 bridgehead atoms. The van der Waals surface area contributed by atoms with Gasteiger partial charge in [0.05, 0.1) is 31.4 Å². The molecule has 0 atom stereocenters. The number of allylic oxidation sites excluding steroid dienone is 1. The monoisotopic (exact) mass is 488 g/mol. The van der Waals surface area contributed by atoms with Crippen LogP contribution in [0.1, 0.15) is 21.5 Å². The lowest BCUT2D eigenvalue weighted by Crippen LogP contribution is -2.36. The summed E-state index contributed by atoms with van der Waals surface area (Å²) in [5, 5.41) is 6.08. The van der Waals surface area contributed by atoms with Gasteiger partial charge in [0.15, 0.2) is 5.76 Å². The van der Waals surface area contributed by atoms with Crippen molar-refractivity contribution in [3.05, 3.63) is 65.1 Å². The lowest BCUT2D eigenvalue weighted by molar-refractivity contribution is 0.0435. The molecule has 9 nitrogen and oxygen atoms in total. The summed E-state index contributed by atoms with van der Waals surface area (Å²) in [5.74, 6) is 1.15. The second-order valence-corrected chi connectivity index (χ2v) is 8.55. The average molecular weight is 489 g/mol. The molecule has 3 aromatic rings. The number of hydrogen-bond donors (Lipinski definition) is 3. The van der Waals surface area contributed by atoms with E-state index in [1.807, 2.05) is 18.3 Å². The maximum Gasteiger partial charge on any atom is 0.318 e. The number of H-pyrrole nitrogens is 1. The van der Waals surface area contributed by atoms with E-state index in [1.165, 1.54) is 7.05 Å². The van der Waals surface area contributed by atoms with Gasteiger partial charge in [-0.3, -0.25) is 9.69 Å². The fourth-order valence-electron chi connectivity index (χ4n) is 4.34. The third-order valence-corrected chi connectivity index (χ3v) is 6.27. The average Bonchev–Trinajstić information content (AvgIpc) is 3.45. The Hall–Kier alpha value is -4.08. The van der Waals surface area contributed by atoms with Gasteiger partial charge in [0.25, 0.3) is 0 Å². The minimum absolute atomic E-state index is 0.218. The maximum atomic E-state index is 13.1. The van der Waals surface area contributed by atoms with Crippen molar-refractivity contribution in [2.45, 2.75) is 0 Å². The van der Waals surface area contributed by atoms with Crippen molar-refractivity contribution in [3.8, 4) is 11.5 Å². The number of hydrogen-bond acceptors (Lipinski definition) is 6. The van der Waals surface area contributed by atoms with Crippen molar-refractivity contribution < 1.29 is 23.8 Å². The molecule has 1 fully saturated rings. The molecule has 36 heavy (non-hydrogen) atoms. The molecule has 0 aliphatic carbocycles. The van der Waals surface area contributed by atoms with Crippen LogP contribution in [0.3, 0.4) is 0 Å². The number of aromatic nitrogens is 1. The van der Waals surface area contributed by atoms with Crippen LogP contribution in [-0.2, 0) is 4.74 Å². The van der Waals surface area contributed by atoms with E-state index in [0.29, 0.717) is 17.0 Å². The third-order valence-electron chi connectivity index (χ3n) is 6.27. The number of Topliss-reactive ketones (excluding diaryl/α,β-unsaturated/α-hetero) is 1. The maximum absolute atomic E-state index is 13.1. The Labute approximate surface area is 208 Å². The molecule has 2 aliphatic heterocycles. The molecule has 0 spiro atoms. The molecule has 2 aromatic carbocycles. The molecule has 2 amide bonds. The smallest absolute Gasteiger partial charge is 0.318 e. The van der Waals surface area contributed by atoms with E-state index >= 15 is 0 Å². The highest BCUT2D eigenvalue weighted by Gasteiger charge is 2.28. The number of amides is 2. The van der Waals surface area contributed by atoms with Gasteiger partial charge < -0.3 is 29.8 Å². The Morgan fingerprint density at radius 2 is 2.03 bits per heavy atom. The standard InChI is InChI=1S/C27H28N4O5/c1-28-27(33)30-19-5-6-23-22(14-19)26(32)24(36-23)13-18-16-29-25-17(12-20(34-2)15-21(18)25)4-3-7-31-8-10-35-11-9-31/h3-6,12-16,29H,7-11H2,1-2H3,(H2,28,30,33). The van der Waals surface area contributed by atoms with E-state index < -0.39 is 0 Å². The van der Waals surface area contributed by atoms with Crippen LogP contribution >= 0.6 is 0 Å². The minimum atomic E-state index is -0.361. The van der Waals surface area contributed by atoms with Gasteiger partial charge in [0.2, 0.25) is 5.78 Å². The Bertz CT molecular complexity index is 1370. The summed E-state index contributed by atoms with van der Waals surface area (Å²) < 4.78 is 16.8. The predicted octanol–water partition coefficient (Wildman–Crippen LogP) is 3.89. The number of carbonyl (C=O) groups is 2. The van der Waals surface area contributed by atoms with Gasteiger partial charge in [-0.1, -0.05) is 12.2 Å². The van der Waals surface area contributed by atoms with Gasteiger partial charge in [-0.25, -0.2) is 4.79 Å². The Kier molecular flexibility index (Phi) is 6.75. The number of morpholine rings is 1. The van der Waals surface area contributed by atoms with Crippen LogP contribution in [0.15, 0.2) is 48.4 Å². The quantitative estimate of drug-likeness (QED) is 0.455. The molecule has 0 radical (unpaired) electrons. The number of ketones is 1. The van der Waals surface area contributed by atoms with Crippen LogP contribution in [0.5, 0.6) is 11.5 Å². The number of aromatic amines is 1. The highest BCUT2D eigenvalue weighted by molar-refractivity contribution is 6.16. The minimum Gasteiger partial charge on any atom is -0.497 e. The summed E-state index contributed by atoms with van der Waals surface area (Å²) in [4.78, 5) is 30.4. The lowest BCUT2D eigenvalue weighted by Gasteiger charge is -2.25. The van der Waals surface area contributed by atoms with Crippen molar-refractivity contribution in [1.29, 1.82) is 0 Å². The van der Waals surface area contributed by atoms with Gasteiger partial charge in [-0.05, 0) is 36.4 Å². The second-order valence-electron chi connectivity index (χ2n) is 8.55. The first kappa shape index (κ1) is 23.7. The molecule has 0 unspecified atom stereocenters. The molecule has 9 heteroatoms. The van der Waals surface area contributed by atoms with Crippen molar-refractivity contribution >= 4 is 40.6 Å². The molecule has 1 saturated heterocycles. The lowest BCUT2D eigenvalue weighted by atomic mass is 10.1. The Balaban J connectivity index is 1.41. The van der Waals surface area contributed by atoms with Crippen LogP contribution < -0.4 is 20.1 Å². The second kappa shape index (κ2) is 10.3. The number of ether oxygens (including phenoxy) is 3. The zero-order valence-electron chi connectivity index (χ0n) is 20.2. The van der Waals surface area contributed by atoms with Crippen LogP contribution in [0.2, 0.25) is 0 Å². The first-order valence-electron chi connectivity index (χ1n) is 11.8. The molecule has 3 N–H and O–H groups in total. The topological polar surface area (TPSA) is 105 Å². The molecule has 186 valence electrons. The molecule has 2 aliphatic rings. The number of nitrogens with zero attached hydrogens (tertiary/aromatic N) is 1. The van der Waals surface area contributed by atoms with Gasteiger partial charge in [-0.15, -0.1) is 0 Å². The highest BCUT2D eigenvalue weighted by atomic mass is 16.5. The predicted molar refractivity (Wildman–Crippen MR) is 139 cm³/mol. The normalized spacial score (nSPS) is 16.9. The van der Waals surface area contributed by atoms with E-state index in [0.717, 1.165) is 60.6 Å². The number of urea groups is 1. The number of benzene rings is 2. The summed E-state index contributed by atoms with van der Waals surface area (Å²) in [6.07, 6.45) is 7.81. The number of anilines is 1. The van der Waals surface area contributed by atoms with Crippen molar-refractivity contribution in [1.82, 2.24) is 15.2 Å². The van der Waals surface area contributed by atoms with Crippen LogP contribution in [0, 0.1) is 0 Å². The molecular formula is C27H28N4O5. The Morgan fingerprint density at radius 3 is 2.81 bits per heavy atom. The molecule has 5 rings (SSSR count). The zero-order chi connectivity index (χ0) is 25.1. The van der Waals surface area contributed by atoms with E-state index in [2.05, 4.69) is 32.7 Å². The SMILES string of the molecule is CNC(=O)Nc1ccc2c(c1)C(=O)C(=Cc1c[nH]c3c(C=CCN4CCOCC4)cc(OC)cc13)O2. The van der Waals surface area contributed by atoms with Crippen LogP contribution in [0.25, 0.3) is 23.1 Å². The molecular weight excluding hydrogens is 460 g/mol. The summed E-state index contributed by atoms with van der Waals surface area (Å²) in [5.41, 5.74) is 3.66. The molecule has 3 heterocycles. The van der Waals surface area contributed by atoms with Crippen molar-refractivity contribution in [2.75, 3.05) is 52.3 Å². The number of nitrogens with one attached hydrogen (secondary N) is 3. The number of carbonyl (C=O) groups excluding carboxylic acids is 2. The van der Waals surface area contributed by atoms with Crippen molar-refractivity contribution in [2.24, 2.45) is 0 Å². The van der Waals surface area contributed by atoms with E-state index in [1.54, 1.807) is 31.4 Å². The Morgan fingerprint density at radius 1 is 1.19 bits per heavy atom. The van der Waals surface area contributed by atoms with Crippen LogP contribution in [-0.4, -0.2) is 68.7 Å². The first-order valence-corrected chi connectivity index (χ1v) is 11.8. The van der Waals surface area contributed by atoms with Gasteiger partial charge in [-0.2, -0.15) is 0 Å². The fourth-order valence-corrected chi connectivity index (χ4v) is 4.34. The first-order chi connectivity index (χ1) is 17.6. The van der Waals surface area contributed by atoms with E-state index in [-0.39, 0.29) is 17.6 Å². The van der Waals surface area contributed by atoms with Gasteiger partial charge >= 0.3 is 6.03 Å². The summed E-state index contributed by atoms with van der Waals surface area (Å²) in [7, 11) is 3.16. The van der Waals surface area contributed by atoms with Gasteiger partial charge in [0.1, 0.15) is 11.5 Å².